The average molecular weight is 162 g/mol. The topological polar surface area (TPSA) is 25.8 Å². The smallest absolute Gasteiger partial charge is 0.160 e. The fourth-order valence-electron chi connectivity index (χ4n) is 0.943. The van der Waals surface area contributed by atoms with Gasteiger partial charge in [-0.1, -0.05) is 0 Å². The highest BCUT2D eigenvalue weighted by Crippen LogP contribution is 2.10. The number of thiol groups is 1. The van der Waals surface area contributed by atoms with Gasteiger partial charge in [0.15, 0.2) is 5.65 Å². The second-order valence-electron chi connectivity index (χ2n) is 2.22. The largest absolute Gasteiger partial charge is 0.237 e. The Morgan fingerprint density at radius 3 is 3.00 bits per heavy atom. The Bertz CT molecular complexity index is 387. The Hall–Kier alpha value is -1.09. The van der Waals surface area contributed by atoms with Crippen molar-refractivity contribution in [2.24, 2.45) is 0 Å². The van der Waals surface area contributed by atoms with Gasteiger partial charge in [-0.05, 0) is 24.3 Å². The van der Waals surface area contributed by atoms with Crippen LogP contribution >= 0.6 is 12.6 Å². The third-order valence-electron chi connectivity index (χ3n) is 1.45. The van der Waals surface area contributed by atoms with Crippen LogP contribution in [0.15, 0.2) is 35.5 Å². The predicted octanol–water partition coefficient (Wildman–Crippen LogP) is 1.92. The maximum Gasteiger partial charge on any atom is 0.160 e. The molecule has 2 rings (SSSR count). The lowest BCUT2D eigenvalue weighted by molar-refractivity contribution is 1.16. The van der Waals surface area contributed by atoms with E-state index in [0.29, 0.717) is 5.03 Å². The van der Waals surface area contributed by atoms with Crippen molar-refractivity contribution in [2.75, 3.05) is 0 Å². The summed E-state index contributed by atoms with van der Waals surface area (Å²) < 4.78 is 0. The van der Waals surface area contributed by atoms with Crippen molar-refractivity contribution >= 4 is 23.7 Å². The Morgan fingerprint density at radius 2 is 2.09 bits per heavy atom. The summed E-state index contributed by atoms with van der Waals surface area (Å²) in [7, 11) is 0. The van der Waals surface area contributed by atoms with Crippen molar-refractivity contribution in [3.8, 4) is 0 Å². The Balaban J connectivity index is 2.83. The minimum Gasteiger partial charge on any atom is -0.237 e. The normalized spacial score (nSPS) is 10.3. The molecule has 0 fully saturated rings. The standard InChI is InChI=1S/C8H6N2S/c11-7-4-3-6-2-1-5-9-8(6)10-7/h1-5H,(H,9,10,11). The molecule has 0 aliphatic rings. The van der Waals surface area contributed by atoms with Gasteiger partial charge in [-0.2, -0.15) is 0 Å². The number of hydrogen-bond donors (Lipinski definition) is 1. The highest BCUT2D eigenvalue weighted by molar-refractivity contribution is 7.80. The summed E-state index contributed by atoms with van der Waals surface area (Å²) >= 11 is 4.11. The summed E-state index contributed by atoms with van der Waals surface area (Å²) in [5, 5.41) is 1.75. The molecule has 2 nitrogen and oxygen atoms in total. The summed E-state index contributed by atoms with van der Waals surface area (Å²) in [6.07, 6.45) is 1.72. The summed E-state index contributed by atoms with van der Waals surface area (Å²) in [5.74, 6) is 0. The van der Waals surface area contributed by atoms with Gasteiger partial charge in [0.05, 0.1) is 5.03 Å². The van der Waals surface area contributed by atoms with Crippen LogP contribution in [0, 0.1) is 0 Å². The highest BCUT2D eigenvalue weighted by Gasteiger charge is 1.93. The third kappa shape index (κ3) is 1.19. The van der Waals surface area contributed by atoms with Crippen LogP contribution in [0.5, 0.6) is 0 Å². The van der Waals surface area contributed by atoms with Gasteiger partial charge in [-0.15, -0.1) is 12.6 Å². The molecule has 0 saturated carbocycles. The minimum absolute atomic E-state index is 0.705. The SMILES string of the molecule is Sc1ccc2cccnc2n1. The lowest BCUT2D eigenvalue weighted by Gasteiger charge is -1.94. The summed E-state index contributed by atoms with van der Waals surface area (Å²) in [6.45, 7) is 0. The van der Waals surface area contributed by atoms with Crippen molar-refractivity contribution in [3.05, 3.63) is 30.5 Å². The van der Waals surface area contributed by atoms with E-state index >= 15 is 0 Å². The molecule has 0 aliphatic heterocycles. The molecule has 0 aromatic carbocycles. The monoisotopic (exact) mass is 162 g/mol. The summed E-state index contributed by atoms with van der Waals surface area (Å²) in [6, 6.07) is 7.68. The zero-order chi connectivity index (χ0) is 7.68. The molecule has 0 atom stereocenters. The van der Waals surface area contributed by atoms with E-state index in [4.69, 9.17) is 0 Å². The van der Waals surface area contributed by atoms with Crippen LogP contribution in [0.2, 0.25) is 0 Å². The van der Waals surface area contributed by atoms with Crippen LogP contribution in [0.4, 0.5) is 0 Å². The van der Waals surface area contributed by atoms with Crippen molar-refractivity contribution < 1.29 is 0 Å². The van der Waals surface area contributed by atoms with E-state index < -0.39 is 0 Å². The highest BCUT2D eigenvalue weighted by atomic mass is 32.1. The number of aromatic nitrogens is 2. The zero-order valence-electron chi connectivity index (χ0n) is 5.73. The molecule has 0 aliphatic carbocycles. The van der Waals surface area contributed by atoms with Crippen molar-refractivity contribution in [1.29, 1.82) is 0 Å². The molecule has 0 unspecified atom stereocenters. The molecule has 0 amide bonds. The average Bonchev–Trinajstić information content (AvgIpc) is 2.04. The van der Waals surface area contributed by atoms with Crippen molar-refractivity contribution in [1.82, 2.24) is 9.97 Å². The van der Waals surface area contributed by atoms with Gasteiger partial charge in [-0.3, -0.25) is 0 Å². The number of fused-ring (bicyclic) bond motifs is 1. The molecule has 0 bridgehead atoms. The Kier molecular flexibility index (Phi) is 1.51. The van der Waals surface area contributed by atoms with Gasteiger partial charge >= 0.3 is 0 Å². The molecule has 0 N–H and O–H groups in total. The third-order valence-corrected chi connectivity index (χ3v) is 1.70. The van der Waals surface area contributed by atoms with E-state index in [9.17, 15) is 0 Å². The second-order valence-corrected chi connectivity index (χ2v) is 2.68. The molecule has 0 saturated heterocycles. The van der Waals surface area contributed by atoms with E-state index in [1.54, 1.807) is 6.20 Å². The van der Waals surface area contributed by atoms with Crippen LogP contribution in [0.3, 0.4) is 0 Å². The van der Waals surface area contributed by atoms with Crippen LogP contribution < -0.4 is 0 Å². The van der Waals surface area contributed by atoms with Gasteiger partial charge in [0.25, 0.3) is 0 Å². The Labute approximate surface area is 69.7 Å². The first-order chi connectivity index (χ1) is 5.36. The molecule has 3 heteroatoms. The maximum absolute atomic E-state index is 4.13. The predicted molar refractivity (Wildman–Crippen MR) is 46.8 cm³/mol. The van der Waals surface area contributed by atoms with E-state index in [-0.39, 0.29) is 0 Å². The quantitative estimate of drug-likeness (QED) is 0.599. The number of rotatable bonds is 0. The lowest BCUT2D eigenvalue weighted by atomic mass is 10.3. The van der Waals surface area contributed by atoms with Crippen molar-refractivity contribution in [2.45, 2.75) is 5.03 Å². The molecule has 2 aromatic heterocycles. The number of pyridine rings is 2. The van der Waals surface area contributed by atoms with Gasteiger partial charge in [0.2, 0.25) is 0 Å². The first-order valence-electron chi connectivity index (χ1n) is 3.27. The fraction of sp³-hybridized carbons (Fsp3) is 0. The Morgan fingerprint density at radius 1 is 1.18 bits per heavy atom. The van der Waals surface area contributed by atoms with Crippen LogP contribution in [-0.2, 0) is 0 Å². The minimum atomic E-state index is 0.705. The van der Waals surface area contributed by atoms with Gasteiger partial charge in [0, 0.05) is 11.6 Å². The summed E-state index contributed by atoms with van der Waals surface area (Å²) in [5.41, 5.74) is 0.750. The lowest BCUT2D eigenvalue weighted by Crippen LogP contribution is -1.82. The molecular formula is C8H6N2S. The van der Waals surface area contributed by atoms with Crippen LogP contribution in [-0.4, -0.2) is 9.97 Å². The van der Waals surface area contributed by atoms with E-state index in [2.05, 4.69) is 22.6 Å². The first-order valence-corrected chi connectivity index (χ1v) is 3.72. The van der Waals surface area contributed by atoms with Crippen LogP contribution in [0.1, 0.15) is 0 Å². The van der Waals surface area contributed by atoms with E-state index in [0.717, 1.165) is 11.0 Å². The van der Waals surface area contributed by atoms with E-state index in [1.807, 2.05) is 24.3 Å². The molecule has 2 aromatic rings. The molecular weight excluding hydrogens is 156 g/mol. The summed E-state index contributed by atoms with van der Waals surface area (Å²) in [4.78, 5) is 8.21. The zero-order valence-corrected chi connectivity index (χ0v) is 6.62. The number of nitrogens with zero attached hydrogens (tertiary/aromatic N) is 2. The molecule has 0 spiro atoms. The fourth-order valence-corrected chi connectivity index (χ4v) is 1.11. The molecule has 54 valence electrons. The van der Waals surface area contributed by atoms with Gasteiger partial charge in [-0.25, -0.2) is 9.97 Å². The first kappa shape index (κ1) is 6.61. The van der Waals surface area contributed by atoms with E-state index in [1.165, 1.54) is 0 Å². The van der Waals surface area contributed by atoms with Crippen molar-refractivity contribution in [3.63, 3.8) is 0 Å². The van der Waals surface area contributed by atoms with Gasteiger partial charge in [0.1, 0.15) is 0 Å². The van der Waals surface area contributed by atoms with Crippen LogP contribution in [0.25, 0.3) is 11.0 Å². The number of hydrogen-bond acceptors (Lipinski definition) is 3. The molecule has 2 heterocycles. The second kappa shape index (κ2) is 2.51. The van der Waals surface area contributed by atoms with Gasteiger partial charge < -0.3 is 0 Å². The molecule has 0 radical (unpaired) electrons. The maximum atomic E-state index is 4.13. The molecule has 11 heavy (non-hydrogen) atoms.